The zero-order valence-corrected chi connectivity index (χ0v) is 14.8. The summed E-state index contributed by atoms with van der Waals surface area (Å²) in [6.07, 6.45) is 1.06. The second-order valence-corrected chi connectivity index (χ2v) is 6.88. The number of para-hydroxylation sites is 1. The van der Waals surface area contributed by atoms with Crippen LogP contribution in [0.25, 0.3) is 0 Å². The van der Waals surface area contributed by atoms with Gasteiger partial charge in [0.05, 0.1) is 11.6 Å². The smallest absolute Gasteiger partial charge is 0.137 e. The van der Waals surface area contributed by atoms with Crippen molar-refractivity contribution in [1.29, 1.82) is 0 Å². The van der Waals surface area contributed by atoms with Crippen molar-refractivity contribution in [2.45, 2.75) is 32.9 Å². The molecule has 1 aromatic rings. The summed E-state index contributed by atoms with van der Waals surface area (Å²) >= 11 is 3.54. The van der Waals surface area contributed by atoms with Gasteiger partial charge in [-0.05, 0) is 33.8 Å². The van der Waals surface area contributed by atoms with Crippen molar-refractivity contribution in [2.75, 3.05) is 20.2 Å². The molecule has 3 nitrogen and oxygen atoms in total. The molecular weight excluding hydrogens is 340 g/mol. The van der Waals surface area contributed by atoms with Crippen molar-refractivity contribution in [3.8, 4) is 5.75 Å². The lowest BCUT2D eigenvalue weighted by atomic mass is 9.79. The molecule has 0 bridgehead atoms. The molecule has 1 aromatic carbocycles. The lowest BCUT2D eigenvalue weighted by Gasteiger charge is -2.42. The molecule has 1 heterocycles. The van der Waals surface area contributed by atoms with Gasteiger partial charge in [-0.25, -0.2) is 0 Å². The van der Waals surface area contributed by atoms with Crippen LogP contribution in [0.3, 0.4) is 0 Å². The maximum atomic E-state index is 6.19. The maximum Gasteiger partial charge on any atom is 0.137 e. The number of rotatable bonds is 3. The van der Waals surface area contributed by atoms with Crippen molar-refractivity contribution < 1.29 is 4.74 Å². The molecule has 0 spiro atoms. The van der Waals surface area contributed by atoms with E-state index in [1.165, 1.54) is 5.56 Å². The molecule has 1 atom stereocenters. The molecule has 0 amide bonds. The minimum Gasteiger partial charge on any atom is -0.495 e. The van der Waals surface area contributed by atoms with Crippen LogP contribution in [-0.2, 0) is 6.54 Å². The minimum absolute atomic E-state index is 0. The highest BCUT2D eigenvalue weighted by Crippen LogP contribution is 2.32. The number of hydrogen-bond acceptors (Lipinski definition) is 3. The van der Waals surface area contributed by atoms with Crippen molar-refractivity contribution >= 4 is 28.3 Å². The van der Waals surface area contributed by atoms with Gasteiger partial charge in [0, 0.05) is 31.2 Å². The third kappa shape index (κ3) is 3.88. The summed E-state index contributed by atoms with van der Waals surface area (Å²) in [4.78, 5) is 2.47. The fourth-order valence-corrected chi connectivity index (χ4v) is 3.34. The fourth-order valence-electron chi connectivity index (χ4n) is 2.77. The van der Waals surface area contributed by atoms with Gasteiger partial charge in [0.25, 0.3) is 0 Å². The van der Waals surface area contributed by atoms with Crippen molar-refractivity contribution in [1.82, 2.24) is 4.90 Å². The van der Waals surface area contributed by atoms with Gasteiger partial charge in [-0.3, -0.25) is 4.90 Å². The quantitative estimate of drug-likeness (QED) is 0.894. The largest absolute Gasteiger partial charge is 0.495 e. The highest BCUT2D eigenvalue weighted by molar-refractivity contribution is 9.10. The summed E-state index contributed by atoms with van der Waals surface area (Å²) in [6, 6.07) is 6.50. The Morgan fingerprint density at radius 1 is 1.45 bits per heavy atom. The van der Waals surface area contributed by atoms with E-state index >= 15 is 0 Å². The number of nitrogens with two attached hydrogens (primary N) is 1. The van der Waals surface area contributed by atoms with Crippen LogP contribution in [0.1, 0.15) is 25.8 Å². The van der Waals surface area contributed by atoms with Crippen molar-refractivity contribution in [3.05, 3.63) is 28.2 Å². The summed E-state index contributed by atoms with van der Waals surface area (Å²) in [5.41, 5.74) is 7.59. The Bertz CT molecular complexity index is 453. The molecule has 20 heavy (non-hydrogen) atoms. The Morgan fingerprint density at radius 2 is 2.15 bits per heavy atom. The SMILES string of the molecule is COc1c(Br)cccc1CN1CCC(N)C(C)(C)C1.Cl. The molecule has 114 valence electrons. The van der Waals surface area contributed by atoms with Gasteiger partial charge in [0.2, 0.25) is 0 Å². The van der Waals surface area contributed by atoms with Gasteiger partial charge in [0.1, 0.15) is 5.75 Å². The number of likely N-dealkylation sites (tertiary alicyclic amines) is 1. The molecule has 1 unspecified atom stereocenters. The van der Waals surface area contributed by atoms with Crippen molar-refractivity contribution in [2.24, 2.45) is 11.1 Å². The molecule has 0 aromatic heterocycles. The highest BCUT2D eigenvalue weighted by atomic mass is 79.9. The first kappa shape index (κ1) is 17.8. The average molecular weight is 364 g/mol. The van der Waals surface area contributed by atoms with Crippen LogP contribution in [-0.4, -0.2) is 31.1 Å². The van der Waals surface area contributed by atoms with Crippen molar-refractivity contribution in [3.63, 3.8) is 0 Å². The van der Waals surface area contributed by atoms with Crippen LogP contribution in [0, 0.1) is 5.41 Å². The number of halogens is 2. The molecule has 5 heteroatoms. The number of methoxy groups -OCH3 is 1. The van der Waals surface area contributed by atoms with Gasteiger partial charge in [0.15, 0.2) is 0 Å². The molecular formula is C15H24BrClN2O. The normalized spacial score (nSPS) is 22.1. The number of hydrogen-bond donors (Lipinski definition) is 1. The van der Waals surface area contributed by atoms with E-state index in [4.69, 9.17) is 10.5 Å². The third-order valence-corrected chi connectivity index (χ3v) is 4.66. The number of ether oxygens (including phenoxy) is 1. The fraction of sp³-hybridized carbons (Fsp3) is 0.600. The summed E-state index contributed by atoms with van der Waals surface area (Å²) in [6.45, 7) is 7.51. The third-order valence-electron chi connectivity index (χ3n) is 4.04. The van der Waals surface area contributed by atoms with E-state index in [-0.39, 0.29) is 17.8 Å². The standard InChI is InChI=1S/C15H23BrN2O.ClH/c1-15(2)10-18(8-7-13(15)17)9-11-5-4-6-12(16)14(11)19-3;/h4-6,13H,7-10,17H2,1-3H3;1H. The Balaban J connectivity index is 0.00000200. The molecule has 1 fully saturated rings. The highest BCUT2D eigenvalue weighted by Gasteiger charge is 2.33. The number of piperidine rings is 1. The van der Waals surface area contributed by atoms with E-state index in [9.17, 15) is 0 Å². The van der Waals surface area contributed by atoms with E-state index in [1.54, 1.807) is 7.11 Å². The van der Waals surface area contributed by atoms with Crippen LogP contribution in [0.4, 0.5) is 0 Å². The topological polar surface area (TPSA) is 38.5 Å². The predicted molar refractivity (Wildman–Crippen MR) is 89.6 cm³/mol. The summed E-state index contributed by atoms with van der Waals surface area (Å²) in [5.74, 6) is 0.940. The predicted octanol–water partition coefficient (Wildman–Crippen LogP) is 3.44. The van der Waals surface area contributed by atoms with Gasteiger partial charge < -0.3 is 10.5 Å². The second kappa shape index (κ2) is 7.12. The Kier molecular flexibility index (Phi) is 6.32. The zero-order valence-electron chi connectivity index (χ0n) is 12.4. The van der Waals surface area contributed by atoms with Gasteiger partial charge in [-0.1, -0.05) is 26.0 Å². The average Bonchev–Trinajstić information content (AvgIpc) is 2.34. The van der Waals surface area contributed by atoms with E-state index < -0.39 is 0 Å². The molecule has 2 N–H and O–H groups in total. The molecule has 0 saturated carbocycles. The van der Waals surface area contributed by atoms with Crippen LogP contribution in [0.5, 0.6) is 5.75 Å². The lowest BCUT2D eigenvalue weighted by molar-refractivity contribution is 0.0892. The minimum atomic E-state index is 0. The molecule has 2 rings (SSSR count). The number of benzene rings is 1. The summed E-state index contributed by atoms with van der Waals surface area (Å²) in [7, 11) is 1.72. The second-order valence-electron chi connectivity index (χ2n) is 6.03. The van der Waals surface area contributed by atoms with Gasteiger partial charge >= 0.3 is 0 Å². The Hall–Kier alpha value is -0.290. The van der Waals surface area contributed by atoms with E-state index in [0.717, 1.165) is 36.3 Å². The van der Waals surface area contributed by atoms with Crippen LogP contribution >= 0.6 is 28.3 Å². The van der Waals surface area contributed by atoms with E-state index in [1.807, 2.05) is 6.07 Å². The summed E-state index contributed by atoms with van der Waals surface area (Å²) in [5, 5.41) is 0. The molecule has 0 aliphatic carbocycles. The van der Waals surface area contributed by atoms with E-state index in [0.29, 0.717) is 6.04 Å². The summed E-state index contributed by atoms with van der Waals surface area (Å²) < 4.78 is 6.51. The van der Waals surface area contributed by atoms with Crippen LogP contribution in [0.2, 0.25) is 0 Å². The first-order valence-corrected chi connectivity index (χ1v) is 7.52. The molecule has 0 radical (unpaired) electrons. The zero-order chi connectivity index (χ0) is 14.0. The number of nitrogens with zero attached hydrogens (tertiary/aromatic N) is 1. The first-order valence-electron chi connectivity index (χ1n) is 6.73. The van der Waals surface area contributed by atoms with Gasteiger partial charge in [-0.2, -0.15) is 0 Å². The molecule has 1 saturated heterocycles. The van der Waals surface area contributed by atoms with Crippen LogP contribution in [0.15, 0.2) is 22.7 Å². The monoisotopic (exact) mass is 362 g/mol. The Morgan fingerprint density at radius 3 is 2.75 bits per heavy atom. The molecule has 1 aliphatic heterocycles. The van der Waals surface area contributed by atoms with E-state index in [2.05, 4.69) is 46.8 Å². The maximum absolute atomic E-state index is 6.19. The lowest BCUT2D eigenvalue weighted by Crippen LogP contribution is -2.52. The Labute approximate surface area is 136 Å². The van der Waals surface area contributed by atoms with Gasteiger partial charge in [-0.15, -0.1) is 12.4 Å². The first-order chi connectivity index (χ1) is 8.94. The van der Waals surface area contributed by atoms with Crippen LogP contribution < -0.4 is 10.5 Å². The molecule has 1 aliphatic rings.